The molecule has 0 fully saturated rings. The normalized spacial score (nSPS) is 11.6. The van der Waals surface area contributed by atoms with Crippen molar-refractivity contribution in [3.8, 4) is 22.6 Å². The van der Waals surface area contributed by atoms with E-state index in [1.807, 2.05) is 12.1 Å². The Balaban J connectivity index is 1.72. The lowest BCUT2D eigenvalue weighted by molar-refractivity contribution is 0.602. The highest BCUT2D eigenvalue weighted by Gasteiger charge is 2.19. The Labute approximate surface area is 201 Å². The topological polar surface area (TPSA) is 154 Å². The number of hydrogen-bond donors (Lipinski definition) is 3. The molecule has 5 N–H and O–H groups in total. The van der Waals surface area contributed by atoms with Crippen LogP contribution in [0.2, 0.25) is 0 Å². The molecule has 5 rings (SSSR count). The quantitative estimate of drug-likeness (QED) is 0.317. The number of nitrogens with one attached hydrogen (secondary N) is 1. The summed E-state index contributed by atoms with van der Waals surface area (Å²) in [6.45, 7) is 1.75. The highest BCUT2D eigenvalue weighted by atomic mass is 32.2. The van der Waals surface area contributed by atoms with Gasteiger partial charge in [0.1, 0.15) is 17.3 Å². The molecule has 5 aromatic rings. The zero-order chi connectivity index (χ0) is 24.7. The van der Waals surface area contributed by atoms with E-state index >= 15 is 0 Å². The molecule has 0 amide bonds. The predicted molar refractivity (Wildman–Crippen MR) is 136 cm³/mol. The van der Waals surface area contributed by atoms with E-state index in [-0.39, 0.29) is 4.90 Å². The predicted octanol–water partition coefficient (Wildman–Crippen LogP) is 3.47. The molecule has 11 heteroatoms. The summed E-state index contributed by atoms with van der Waals surface area (Å²) >= 11 is 0. The number of anilines is 4. The summed E-state index contributed by atoms with van der Waals surface area (Å²) in [6.07, 6.45) is 1.17. The fraction of sp³-hybridized carbons (Fsp3) is 0.0833. The Morgan fingerprint density at radius 1 is 0.886 bits per heavy atom. The molecule has 0 spiro atoms. The van der Waals surface area contributed by atoms with Gasteiger partial charge in [0.05, 0.1) is 16.3 Å². The number of fused-ring (bicyclic) bond motifs is 1. The Hall–Kier alpha value is -4.51. The van der Waals surface area contributed by atoms with Crippen LogP contribution in [0.25, 0.3) is 28.3 Å². The lowest BCUT2D eigenvalue weighted by Gasteiger charge is -2.09. The second kappa shape index (κ2) is 8.37. The summed E-state index contributed by atoms with van der Waals surface area (Å²) in [7, 11) is -3.37. The first-order valence-electron chi connectivity index (χ1n) is 10.6. The minimum atomic E-state index is -3.37. The number of sulfone groups is 1. The molecule has 0 radical (unpaired) electrons. The van der Waals surface area contributed by atoms with E-state index in [2.05, 4.69) is 15.3 Å². The summed E-state index contributed by atoms with van der Waals surface area (Å²) < 4.78 is 25.8. The minimum absolute atomic E-state index is 0.214. The number of benzene rings is 2. The van der Waals surface area contributed by atoms with E-state index in [1.165, 1.54) is 6.26 Å². The number of nitrogens with two attached hydrogens (primary N) is 2. The van der Waals surface area contributed by atoms with Crippen LogP contribution < -0.4 is 16.8 Å². The molecule has 176 valence electrons. The van der Waals surface area contributed by atoms with Crippen molar-refractivity contribution in [2.75, 3.05) is 23.0 Å². The molecule has 3 heterocycles. The molecule has 0 aliphatic heterocycles. The molecule has 0 atom stereocenters. The van der Waals surface area contributed by atoms with Gasteiger partial charge in [0.2, 0.25) is 0 Å². The highest BCUT2D eigenvalue weighted by Crippen LogP contribution is 2.32. The number of hydrogen-bond acceptors (Lipinski definition) is 9. The number of aryl methyl sites for hydroxylation is 1. The van der Waals surface area contributed by atoms with Gasteiger partial charge < -0.3 is 16.8 Å². The van der Waals surface area contributed by atoms with Gasteiger partial charge in [-0.25, -0.2) is 27.9 Å². The van der Waals surface area contributed by atoms with Gasteiger partial charge in [-0.1, -0.05) is 18.2 Å². The van der Waals surface area contributed by atoms with Crippen LogP contribution in [0.1, 0.15) is 5.82 Å². The summed E-state index contributed by atoms with van der Waals surface area (Å²) in [5.74, 6) is 1.32. The van der Waals surface area contributed by atoms with Crippen LogP contribution in [-0.4, -0.2) is 39.2 Å². The monoisotopic (exact) mass is 486 g/mol. The maximum Gasteiger partial charge on any atom is 0.175 e. The Morgan fingerprint density at radius 2 is 1.69 bits per heavy atom. The lowest BCUT2D eigenvalue weighted by atomic mass is 10.1. The number of nitrogens with zero attached hydrogens (tertiary/aromatic N) is 5. The van der Waals surface area contributed by atoms with Gasteiger partial charge in [0.15, 0.2) is 21.3 Å². The van der Waals surface area contributed by atoms with Crippen LogP contribution in [0.5, 0.6) is 0 Å². The largest absolute Gasteiger partial charge is 0.399 e. The molecular formula is C24H22N8O2S. The van der Waals surface area contributed by atoms with E-state index in [1.54, 1.807) is 66.0 Å². The lowest BCUT2D eigenvalue weighted by Crippen LogP contribution is -2.03. The number of rotatable bonds is 5. The van der Waals surface area contributed by atoms with Crippen LogP contribution in [-0.2, 0) is 9.84 Å². The molecule has 0 bridgehead atoms. The molecule has 0 aliphatic rings. The third-order valence-electron chi connectivity index (χ3n) is 5.29. The van der Waals surface area contributed by atoms with Gasteiger partial charge in [-0.05, 0) is 49.4 Å². The van der Waals surface area contributed by atoms with Crippen molar-refractivity contribution >= 4 is 38.5 Å². The maximum absolute atomic E-state index is 12.1. The summed E-state index contributed by atoms with van der Waals surface area (Å²) in [5.41, 5.74) is 16.2. The van der Waals surface area contributed by atoms with Crippen LogP contribution in [0.15, 0.2) is 71.6 Å². The number of aromatic nitrogens is 5. The molecule has 0 saturated carbocycles. The molecule has 10 nitrogen and oxygen atoms in total. The maximum atomic E-state index is 12.1. The molecule has 35 heavy (non-hydrogen) atoms. The van der Waals surface area contributed by atoms with Gasteiger partial charge >= 0.3 is 0 Å². The fourth-order valence-corrected chi connectivity index (χ4v) is 4.42. The molecular weight excluding hydrogens is 464 g/mol. The van der Waals surface area contributed by atoms with Crippen molar-refractivity contribution in [1.82, 2.24) is 24.6 Å². The van der Waals surface area contributed by atoms with Crippen molar-refractivity contribution in [3.05, 3.63) is 72.6 Å². The first-order chi connectivity index (χ1) is 16.7. The second-order valence-corrected chi connectivity index (χ2v) is 10.1. The van der Waals surface area contributed by atoms with Gasteiger partial charge in [0, 0.05) is 29.3 Å². The van der Waals surface area contributed by atoms with Crippen LogP contribution in [0.3, 0.4) is 0 Å². The summed E-state index contributed by atoms with van der Waals surface area (Å²) in [5, 5.41) is 8.07. The number of nitrogen functional groups attached to an aromatic ring is 2. The summed E-state index contributed by atoms with van der Waals surface area (Å²) in [4.78, 5) is 13.7. The van der Waals surface area contributed by atoms with Crippen LogP contribution in [0, 0.1) is 6.92 Å². The average molecular weight is 487 g/mol. The third-order valence-corrected chi connectivity index (χ3v) is 6.40. The Morgan fingerprint density at radius 3 is 2.43 bits per heavy atom. The zero-order valence-corrected chi connectivity index (χ0v) is 19.8. The van der Waals surface area contributed by atoms with E-state index < -0.39 is 9.84 Å². The van der Waals surface area contributed by atoms with Crippen LogP contribution >= 0.6 is 0 Å². The summed E-state index contributed by atoms with van der Waals surface area (Å²) in [6, 6.07) is 19.2. The molecule has 2 aromatic carbocycles. The molecule has 0 unspecified atom stereocenters. The molecule has 3 aromatic heterocycles. The van der Waals surface area contributed by atoms with Gasteiger partial charge in [-0.15, -0.1) is 0 Å². The zero-order valence-electron chi connectivity index (χ0n) is 19.0. The van der Waals surface area contributed by atoms with E-state index in [9.17, 15) is 8.42 Å². The van der Waals surface area contributed by atoms with Gasteiger partial charge in [0.25, 0.3) is 0 Å². The molecule has 0 saturated heterocycles. The van der Waals surface area contributed by atoms with Crippen LogP contribution in [0.4, 0.5) is 23.0 Å². The van der Waals surface area contributed by atoms with Crippen molar-refractivity contribution < 1.29 is 8.42 Å². The average Bonchev–Trinajstić information content (AvgIpc) is 3.15. The highest BCUT2D eigenvalue weighted by molar-refractivity contribution is 7.90. The molecule has 0 aliphatic carbocycles. The second-order valence-electron chi connectivity index (χ2n) is 8.07. The van der Waals surface area contributed by atoms with Gasteiger partial charge in [-0.3, -0.25) is 0 Å². The SMILES string of the molecule is Cc1nc(N)cc(-c2c(Nc3cccc(N)c3)nc3ccc(-c4cccc(S(C)(=O)=O)c4)nn23)n1. The van der Waals surface area contributed by atoms with E-state index in [0.717, 1.165) is 5.69 Å². The first kappa shape index (κ1) is 22.3. The standard InChI is InChI=1S/C24H22N8O2S/c1-14-27-20(13-21(26)28-14)23-24(29-17-7-4-6-16(25)12-17)30-22-10-9-19(31-32(22)23)15-5-3-8-18(11-15)35(2,33)34/h3-13,29H,25H2,1-2H3,(H2,26,27,28). The van der Waals surface area contributed by atoms with E-state index in [0.29, 0.717) is 51.4 Å². The van der Waals surface area contributed by atoms with Crippen molar-refractivity contribution in [2.45, 2.75) is 11.8 Å². The van der Waals surface area contributed by atoms with Gasteiger partial charge in [-0.2, -0.15) is 5.10 Å². The Bertz CT molecular complexity index is 1680. The minimum Gasteiger partial charge on any atom is -0.399 e. The smallest absolute Gasteiger partial charge is 0.175 e. The number of imidazole rings is 1. The van der Waals surface area contributed by atoms with Crippen molar-refractivity contribution in [1.29, 1.82) is 0 Å². The first-order valence-corrected chi connectivity index (χ1v) is 12.5. The third kappa shape index (κ3) is 4.49. The Kier molecular flexibility index (Phi) is 5.33. The fourth-order valence-electron chi connectivity index (χ4n) is 3.76. The van der Waals surface area contributed by atoms with Crippen molar-refractivity contribution in [3.63, 3.8) is 0 Å². The van der Waals surface area contributed by atoms with E-state index in [4.69, 9.17) is 21.5 Å². The van der Waals surface area contributed by atoms with Crippen molar-refractivity contribution in [2.24, 2.45) is 0 Å².